The zero-order chi connectivity index (χ0) is 10.5. The van der Waals surface area contributed by atoms with Crippen molar-refractivity contribution in [3.63, 3.8) is 0 Å². The molecule has 80 valence electrons. The van der Waals surface area contributed by atoms with Crippen LogP contribution in [0.4, 0.5) is 0 Å². The number of rotatable bonds is 9. The van der Waals surface area contributed by atoms with Gasteiger partial charge in [-0.3, -0.25) is 0 Å². The van der Waals surface area contributed by atoms with E-state index in [1.165, 1.54) is 0 Å². The second-order valence-corrected chi connectivity index (χ2v) is 1.08. The highest BCUT2D eigenvalue weighted by molar-refractivity contribution is 7.47. The molecule has 0 aliphatic rings. The average molecular weight is 231 g/mol. The standard InChI is InChI=1S/HN5O8S/c6-8-10-12-13-11-9-7-4-2-1-3-5-14/h6H/b3-1+,4-2+. The van der Waals surface area contributed by atoms with E-state index in [1.54, 1.807) is 0 Å². The molecule has 0 saturated heterocycles. The second-order valence-electron chi connectivity index (χ2n) is 0.921. The lowest BCUT2D eigenvalue weighted by atomic mass is 12.5. The first-order chi connectivity index (χ1) is 6.91. The fraction of sp³-hybridized carbons (Fsp3) is 0. The zero-order valence-electron chi connectivity index (χ0n) is 5.95. The normalized spacial score (nSPS) is 11.2. The van der Waals surface area contributed by atoms with Gasteiger partial charge in [0.15, 0.2) is 0 Å². The van der Waals surface area contributed by atoms with Gasteiger partial charge >= 0.3 is 0 Å². The zero-order valence-corrected chi connectivity index (χ0v) is 6.77. The Bertz CT molecular complexity index is 181. The highest BCUT2D eigenvalue weighted by atomic mass is 32.1. The fourth-order valence-corrected chi connectivity index (χ4v) is 0.171. The Labute approximate surface area is 79.3 Å². The summed E-state index contributed by atoms with van der Waals surface area (Å²) in [5.74, 6) is 0. The SMILES string of the molecule is OOOOOOOO/N=N/N=N/N=S. The van der Waals surface area contributed by atoms with Gasteiger partial charge in [-0.05, 0) is 20.3 Å². The van der Waals surface area contributed by atoms with Crippen molar-refractivity contribution in [1.29, 1.82) is 0 Å². The van der Waals surface area contributed by atoms with Gasteiger partial charge in [-0.2, -0.15) is 4.99 Å². The van der Waals surface area contributed by atoms with E-state index in [2.05, 4.69) is 73.1 Å². The molecular formula is HN5O8S. The molecule has 0 spiro atoms. The van der Waals surface area contributed by atoms with Crippen LogP contribution < -0.4 is 0 Å². The van der Waals surface area contributed by atoms with Gasteiger partial charge in [0, 0.05) is 25.6 Å². The predicted octanol–water partition coefficient (Wildman–Crippen LogP) is 0.445. The molecule has 0 radical (unpaired) electrons. The first-order valence-corrected chi connectivity index (χ1v) is 2.71. The molecule has 14 heavy (non-hydrogen) atoms. The maximum Gasteiger partial charge on any atom is 0.0907 e. The van der Waals surface area contributed by atoms with Gasteiger partial charge in [0.25, 0.3) is 0 Å². The Kier molecular flexibility index (Phi) is 10.7. The summed E-state index contributed by atoms with van der Waals surface area (Å²) in [5, 5.41) is 38.7. The number of hydrogen-bond donors (Lipinski definition) is 1. The summed E-state index contributed by atoms with van der Waals surface area (Å²) in [6.07, 6.45) is 0. The smallest absolute Gasteiger partial charge is 0.0907 e. The van der Waals surface area contributed by atoms with Crippen molar-refractivity contribution in [2.45, 2.75) is 0 Å². The summed E-state index contributed by atoms with van der Waals surface area (Å²) in [6, 6.07) is 0. The minimum atomic E-state index is 2.68. The summed E-state index contributed by atoms with van der Waals surface area (Å²) in [5.41, 5.74) is 0. The van der Waals surface area contributed by atoms with Crippen LogP contribution in [0.3, 0.4) is 0 Å². The van der Waals surface area contributed by atoms with Crippen molar-refractivity contribution in [2.75, 3.05) is 0 Å². The summed E-state index contributed by atoms with van der Waals surface area (Å²) in [4.78, 5) is 3.70. The first-order valence-electron chi connectivity index (χ1n) is 2.35. The molecule has 0 rings (SSSR count). The van der Waals surface area contributed by atoms with Crippen LogP contribution >= 0.6 is 0 Å². The van der Waals surface area contributed by atoms with E-state index in [-0.39, 0.29) is 0 Å². The highest BCUT2D eigenvalue weighted by Crippen LogP contribution is 1.88. The molecule has 0 unspecified atom stereocenters. The molecule has 0 saturated carbocycles. The Hall–Kier alpha value is -1.26. The first kappa shape index (κ1) is 12.7. The van der Waals surface area contributed by atoms with E-state index in [4.69, 9.17) is 5.26 Å². The number of hydrogen-bond acceptors (Lipinski definition) is 10. The van der Waals surface area contributed by atoms with Crippen LogP contribution in [0, 0.1) is 0 Å². The third kappa shape index (κ3) is 10.7. The minimum absolute atomic E-state index is 2.68. The average Bonchev–Trinajstić information content (AvgIpc) is 2.21. The molecule has 0 aromatic heterocycles. The van der Waals surface area contributed by atoms with Gasteiger partial charge in [-0.15, -0.1) is 0 Å². The molecule has 1 N–H and O–H groups in total. The topological polar surface area (TPSA) is 147 Å². The van der Waals surface area contributed by atoms with Crippen molar-refractivity contribution in [2.24, 2.45) is 25.4 Å². The Balaban J connectivity index is 3.08. The quantitative estimate of drug-likeness (QED) is 0.258. The van der Waals surface area contributed by atoms with Crippen LogP contribution in [-0.2, 0) is 47.6 Å². The van der Waals surface area contributed by atoms with Crippen LogP contribution in [-0.4, -0.2) is 5.26 Å². The lowest BCUT2D eigenvalue weighted by Crippen LogP contribution is -1.98. The Morgan fingerprint density at radius 3 is 2.29 bits per heavy atom. The lowest BCUT2D eigenvalue weighted by molar-refractivity contribution is -0.812. The van der Waals surface area contributed by atoms with Crippen LogP contribution in [0.5, 0.6) is 0 Å². The molecule has 0 aliphatic heterocycles. The summed E-state index contributed by atoms with van der Waals surface area (Å²) < 4.78 is 2.76. The van der Waals surface area contributed by atoms with E-state index < -0.39 is 0 Å². The van der Waals surface area contributed by atoms with Crippen molar-refractivity contribution >= 4 is 12.4 Å². The third-order valence-electron chi connectivity index (χ3n) is 0.358. The summed E-state index contributed by atoms with van der Waals surface area (Å²) in [7, 11) is 0. The monoisotopic (exact) mass is 231 g/mol. The van der Waals surface area contributed by atoms with E-state index >= 15 is 0 Å². The fourth-order valence-electron chi connectivity index (χ4n) is 0.138. The maximum absolute atomic E-state index is 7.46. The van der Waals surface area contributed by atoms with Gasteiger partial charge in [-0.1, -0.05) is 4.47 Å². The van der Waals surface area contributed by atoms with Crippen LogP contribution in [0.2, 0.25) is 0 Å². The van der Waals surface area contributed by atoms with Gasteiger partial charge in [0.2, 0.25) is 0 Å². The summed E-state index contributed by atoms with van der Waals surface area (Å²) in [6.45, 7) is 0. The molecule has 0 fully saturated rings. The van der Waals surface area contributed by atoms with Crippen molar-refractivity contribution in [3.05, 3.63) is 0 Å². The number of nitrogens with zero attached hydrogens (tertiary/aromatic N) is 5. The lowest BCUT2D eigenvalue weighted by Gasteiger charge is -1.92. The van der Waals surface area contributed by atoms with Gasteiger partial charge in [-0.25, -0.2) is 5.26 Å². The van der Waals surface area contributed by atoms with E-state index in [0.717, 1.165) is 0 Å². The van der Waals surface area contributed by atoms with Crippen LogP contribution in [0.1, 0.15) is 0 Å². The van der Waals surface area contributed by atoms with Crippen molar-refractivity contribution in [1.82, 2.24) is 0 Å². The van der Waals surface area contributed by atoms with E-state index in [1.807, 2.05) is 0 Å². The van der Waals surface area contributed by atoms with Gasteiger partial charge < -0.3 is 0 Å². The van der Waals surface area contributed by atoms with Crippen LogP contribution in [0.25, 0.3) is 0 Å². The minimum Gasteiger partial charge on any atom is -0.219 e. The van der Waals surface area contributed by atoms with Gasteiger partial charge in [0.05, 0.1) is 17.7 Å². The van der Waals surface area contributed by atoms with E-state index in [9.17, 15) is 0 Å². The van der Waals surface area contributed by atoms with Gasteiger partial charge in [0.1, 0.15) is 0 Å². The molecule has 0 bridgehead atoms. The molecule has 14 heteroatoms. The molecule has 0 atom stereocenters. The Morgan fingerprint density at radius 1 is 0.857 bits per heavy atom. The van der Waals surface area contributed by atoms with Crippen molar-refractivity contribution in [3.8, 4) is 0 Å². The Morgan fingerprint density at radius 2 is 1.57 bits per heavy atom. The molecule has 13 nitrogen and oxygen atoms in total. The third-order valence-corrected chi connectivity index (χ3v) is 0.431. The molecule has 0 amide bonds. The summed E-state index contributed by atoms with van der Waals surface area (Å²) >= 11 is 4.00. The van der Waals surface area contributed by atoms with Crippen molar-refractivity contribution < 1.29 is 40.5 Å². The molecule has 0 heterocycles. The molecule has 0 aromatic carbocycles. The second kappa shape index (κ2) is 11.7. The molecule has 0 aliphatic carbocycles. The predicted molar refractivity (Wildman–Crippen MR) is 29.7 cm³/mol. The molecule has 0 aromatic rings. The van der Waals surface area contributed by atoms with E-state index in [0.29, 0.717) is 0 Å². The highest BCUT2D eigenvalue weighted by Gasteiger charge is 1.91. The van der Waals surface area contributed by atoms with Crippen LogP contribution in [0.15, 0.2) is 25.4 Å². The largest absolute Gasteiger partial charge is 0.219 e. The maximum atomic E-state index is 7.46. The molecular weight excluding hydrogens is 230 g/mol.